The van der Waals surface area contributed by atoms with Crippen molar-refractivity contribution in [3.05, 3.63) is 32.7 Å². The highest BCUT2D eigenvalue weighted by Gasteiger charge is 2.27. The molecule has 4 heteroatoms. The Kier molecular flexibility index (Phi) is 4.84. The minimum absolute atomic E-state index is 0.154. The van der Waals surface area contributed by atoms with Crippen LogP contribution in [0.4, 0.5) is 0 Å². The second-order valence-electron chi connectivity index (χ2n) is 4.68. The van der Waals surface area contributed by atoms with Crippen molar-refractivity contribution in [3.63, 3.8) is 0 Å². The lowest BCUT2D eigenvalue weighted by molar-refractivity contribution is 0.0607. The van der Waals surface area contributed by atoms with E-state index in [4.69, 9.17) is 0 Å². The number of benzene rings is 1. The molecule has 0 bridgehead atoms. The Morgan fingerprint density at radius 2 is 2.17 bits per heavy atom. The highest BCUT2D eigenvalue weighted by Crippen LogP contribution is 2.27. The van der Waals surface area contributed by atoms with Crippen LogP contribution in [-0.4, -0.2) is 23.4 Å². The standard InChI is InChI=1S/C14H17Br2NO/c1-2-11-5-3-4-8-17(11)14(18)12-7-6-10(15)9-13(12)16/h6-7,9,11H,2-5,8H2,1H3. The number of hydrogen-bond donors (Lipinski definition) is 0. The van der Waals surface area contributed by atoms with Gasteiger partial charge in [0.15, 0.2) is 0 Å². The van der Waals surface area contributed by atoms with Crippen LogP contribution in [-0.2, 0) is 0 Å². The summed E-state index contributed by atoms with van der Waals surface area (Å²) >= 11 is 6.89. The Balaban J connectivity index is 2.24. The van der Waals surface area contributed by atoms with Gasteiger partial charge in [-0.25, -0.2) is 0 Å². The zero-order valence-corrected chi connectivity index (χ0v) is 13.6. The summed E-state index contributed by atoms with van der Waals surface area (Å²) in [5.74, 6) is 0.154. The molecule has 0 radical (unpaired) electrons. The number of rotatable bonds is 2. The van der Waals surface area contributed by atoms with Crippen LogP contribution in [0.2, 0.25) is 0 Å². The highest BCUT2D eigenvalue weighted by atomic mass is 79.9. The molecule has 1 heterocycles. The maximum atomic E-state index is 12.6. The molecule has 1 saturated heterocycles. The summed E-state index contributed by atoms with van der Waals surface area (Å²) in [7, 11) is 0. The van der Waals surface area contributed by atoms with E-state index < -0.39 is 0 Å². The molecule has 2 nitrogen and oxygen atoms in total. The number of carbonyl (C=O) groups excluding carboxylic acids is 1. The number of piperidine rings is 1. The van der Waals surface area contributed by atoms with E-state index in [9.17, 15) is 4.79 Å². The number of carbonyl (C=O) groups is 1. The van der Waals surface area contributed by atoms with Gasteiger partial charge in [-0.3, -0.25) is 4.79 Å². The molecule has 1 aromatic carbocycles. The zero-order chi connectivity index (χ0) is 13.1. The molecule has 1 aliphatic heterocycles. The Hall–Kier alpha value is -0.350. The van der Waals surface area contributed by atoms with Gasteiger partial charge in [0.2, 0.25) is 0 Å². The predicted molar refractivity (Wildman–Crippen MR) is 80.8 cm³/mol. The molecule has 98 valence electrons. The lowest BCUT2D eigenvalue weighted by Gasteiger charge is -2.35. The normalized spacial score (nSPS) is 19.9. The van der Waals surface area contributed by atoms with Gasteiger partial charge in [0, 0.05) is 21.5 Å². The molecule has 0 spiro atoms. The number of nitrogens with zero attached hydrogens (tertiary/aromatic N) is 1. The highest BCUT2D eigenvalue weighted by molar-refractivity contribution is 9.11. The summed E-state index contributed by atoms with van der Waals surface area (Å²) in [5, 5.41) is 0. The van der Waals surface area contributed by atoms with Gasteiger partial charge < -0.3 is 4.90 Å². The summed E-state index contributed by atoms with van der Waals surface area (Å²) in [5.41, 5.74) is 0.763. The van der Waals surface area contributed by atoms with Crippen LogP contribution < -0.4 is 0 Å². The first-order valence-corrected chi connectivity index (χ1v) is 7.98. The van der Waals surface area contributed by atoms with Crippen LogP contribution in [0.5, 0.6) is 0 Å². The van der Waals surface area contributed by atoms with Crippen molar-refractivity contribution >= 4 is 37.8 Å². The smallest absolute Gasteiger partial charge is 0.255 e. The first-order valence-electron chi connectivity index (χ1n) is 6.39. The van der Waals surface area contributed by atoms with Crippen LogP contribution >= 0.6 is 31.9 Å². The van der Waals surface area contributed by atoms with Gasteiger partial charge in [-0.05, 0) is 59.8 Å². The first-order chi connectivity index (χ1) is 8.63. The molecule has 1 fully saturated rings. The Bertz CT molecular complexity index is 447. The minimum Gasteiger partial charge on any atom is -0.336 e. The molecule has 0 saturated carbocycles. The molecule has 0 aromatic heterocycles. The summed E-state index contributed by atoms with van der Waals surface area (Å²) < 4.78 is 1.85. The second-order valence-corrected chi connectivity index (χ2v) is 6.45. The largest absolute Gasteiger partial charge is 0.336 e. The van der Waals surface area contributed by atoms with E-state index in [-0.39, 0.29) is 5.91 Å². The van der Waals surface area contributed by atoms with Gasteiger partial charge in [-0.15, -0.1) is 0 Å². The van der Waals surface area contributed by atoms with E-state index in [0.29, 0.717) is 6.04 Å². The third-order valence-corrected chi connectivity index (χ3v) is 4.67. The minimum atomic E-state index is 0.154. The van der Waals surface area contributed by atoms with Crippen molar-refractivity contribution < 1.29 is 4.79 Å². The summed E-state index contributed by atoms with van der Waals surface area (Å²) in [6, 6.07) is 6.14. The van der Waals surface area contributed by atoms with E-state index in [0.717, 1.165) is 40.3 Å². The van der Waals surface area contributed by atoms with Gasteiger partial charge in [0.1, 0.15) is 0 Å². The quantitative estimate of drug-likeness (QED) is 0.739. The van der Waals surface area contributed by atoms with Crippen molar-refractivity contribution in [2.45, 2.75) is 38.6 Å². The van der Waals surface area contributed by atoms with E-state index >= 15 is 0 Å². The SMILES string of the molecule is CCC1CCCCN1C(=O)c1ccc(Br)cc1Br. The fourth-order valence-electron chi connectivity index (χ4n) is 2.51. The topological polar surface area (TPSA) is 20.3 Å². The first kappa shape index (κ1) is 14.1. The van der Waals surface area contributed by atoms with Gasteiger partial charge >= 0.3 is 0 Å². The van der Waals surface area contributed by atoms with Crippen molar-refractivity contribution in [2.75, 3.05) is 6.54 Å². The fourth-order valence-corrected chi connectivity index (χ4v) is 3.73. The Labute approximate surface area is 125 Å². The second kappa shape index (κ2) is 6.20. The molecular weight excluding hydrogens is 358 g/mol. The molecule has 2 rings (SSSR count). The average molecular weight is 375 g/mol. The lowest BCUT2D eigenvalue weighted by Crippen LogP contribution is -2.43. The maximum absolute atomic E-state index is 12.6. The monoisotopic (exact) mass is 373 g/mol. The van der Waals surface area contributed by atoms with E-state index in [1.54, 1.807) is 0 Å². The van der Waals surface area contributed by atoms with E-state index in [1.807, 2.05) is 23.1 Å². The van der Waals surface area contributed by atoms with Gasteiger partial charge in [0.05, 0.1) is 5.56 Å². The van der Waals surface area contributed by atoms with Crippen LogP contribution in [0.3, 0.4) is 0 Å². The molecule has 1 amide bonds. The van der Waals surface area contributed by atoms with E-state index in [2.05, 4.69) is 38.8 Å². The molecule has 1 unspecified atom stereocenters. The molecule has 0 aliphatic carbocycles. The van der Waals surface area contributed by atoms with Crippen molar-refractivity contribution in [2.24, 2.45) is 0 Å². The third-order valence-electron chi connectivity index (χ3n) is 3.52. The number of likely N-dealkylation sites (tertiary alicyclic amines) is 1. The Morgan fingerprint density at radius 1 is 1.39 bits per heavy atom. The molecule has 1 atom stereocenters. The van der Waals surface area contributed by atoms with Crippen molar-refractivity contribution in [1.82, 2.24) is 4.90 Å². The van der Waals surface area contributed by atoms with E-state index in [1.165, 1.54) is 6.42 Å². The molecule has 18 heavy (non-hydrogen) atoms. The number of amides is 1. The van der Waals surface area contributed by atoms with Crippen molar-refractivity contribution in [1.29, 1.82) is 0 Å². The average Bonchev–Trinajstić information content (AvgIpc) is 2.38. The fraction of sp³-hybridized carbons (Fsp3) is 0.500. The summed E-state index contributed by atoms with van der Waals surface area (Å²) in [6.07, 6.45) is 4.54. The molecule has 0 N–H and O–H groups in total. The van der Waals surface area contributed by atoms with Gasteiger partial charge in [-0.1, -0.05) is 22.9 Å². The number of hydrogen-bond acceptors (Lipinski definition) is 1. The summed E-state index contributed by atoms with van der Waals surface area (Å²) in [4.78, 5) is 14.6. The maximum Gasteiger partial charge on any atom is 0.255 e. The number of halogens is 2. The summed E-state index contributed by atoms with van der Waals surface area (Å²) in [6.45, 7) is 3.05. The van der Waals surface area contributed by atoms with Crippen molar-refractivity contribution in [3.8, 4) is 0 Å². The zero-order valence-electron chi connectivity index (χ0n) is 10.5. The molecule has 1 aromatic rings. The van der Waals surface area contributed by atoms with Gasteiger partial charge in [0.25, 0.3) is 5.91 Å². The third kappa shape index (κ3) is 2.97. The molecule has 1 aliphatic rings. The van der Waals surface area contributed by atoms with Gasteiger partial charge in [-0.2, -0.15) is 0 Å². The lowest BCUT2D eigenvalue weighted by atomic mass is 9.99. The van der Waals surface area contributed by atoms with Crippen LogP contribution in [0.25, 0.3) is 0 Å². The predicted octanol–water partition coefficient (Wildman–Crippen LogP) is 4.62. The van der Waals surface area contributed by atoms with Crippen LogP contribution in [0.1, 0.15) is 43.0 Å². The molecular formula is C14H17Br2NO. The Morgan fingerprint density at radius 3 is 2.83 bits per heavy atom. The van der Waals surface area contributed by atoms with Crippen LogP contribution in [0.15, 0.2) is 27.1 Å². The van der Waals surface area contributed by atoms with Crippen LogP contribution in [0, 0.1) is 0 Å².